The van der Waals surface area contributed by atoms with Gasteiger partial charge >= 0.3 is 0 Å². The van der Waals surface area contributed by atoms with Gasteiger partial charge in [-0.05, 0) is 65.0 Å². The van der Waals surface area contributed by atoms with Gasteiger partial charge in [-0.2, -0.15) is 5.10 Å². The van der Waals surface area contributed by atoms with Crippen molar-refractivity contribution in [1.82, 2.24) is 25.1 Å². The lowest BCUT2D eigenvalue weighted by Crippen LogP contribution is -2.45. The highest BCUT2D eigenvalue weighted by atomic mass is 15.3. The van der Waals surface area contributed by atoms with E-state index in [0.29, 0.717) is 11.6 Å². The first-order valence-corrected chi connectivity index (χ1v) is 9.01. The van der Waals surface area contributed by atoms with Crippen LogP contribution in [0, 0.1) is 13.8 Å². The second kappa shape index (κ2) is 6.16. The van der Waals surface area contributed by atoms with E-state index in [1.807, 2.05) is 24.7 Å². The van der Waals surface area contributed by atoms with Crippen molar-refractivity contribution in [3.63, 3.8) is 0 Å². The number of hydrogen-bond acceptors (Lipinski definition) is 5. The van der Waals surface area contributed by atoms with E-state index >= 15 is 0 Å². The molecule has 1 saturated heterocycles. The summed E-state index contributed by atoms with van der Waals surface area (Å²) in [4.78, 5) is 9.06. The molecule has 2 N–H and O–H groups in total. The fraction of sp³-hybridized carbons (Fsp3) is 0.611. The first-order valence-electron chi connectivity index (χ1n) is 9.01. The zero-order chi connectivity index (χ0) is 16.6. The van der Waals surface area contributed by atoms with Gasteiger partial charge in [-0.25, -0.2) is 9.67 Å². The molecule has 4 rings (SSSR count). The molecule has 1 saturated carbocycles. The minimum Gasteiger partial charge on any atom is -0.366 e. The quantitative estimate of drug-likeness (QED) is 0.908. The molecule has 1 aliphatic carbocycles. The predicted octanol–water partition coefficient (Wildman–Crippen LogP) is 2.76. The maximum absolute atomic E-state index is 4.71. The first-order chi connectivity index (χ1) is 11.6. The molecule has 1 spiro atoms. The first kappa shape index (κ1) is 15.6. The Labute approximate surface area is 143 Å². The Morgan fingerprint density at radius 2 is 2.04 bits per heavy atom. The molecule has 6 heteroatoms. The number of nitrogens with zero attached hydrogens (tertiary/aromatic N) is 4. The summed E-state index contributed by atoms with van der Waals surface area (Å²) in [6.45, 7) is 5.22. The average Bonchev–Trinajstić information content (AvgIpc) is 3.17. The van der Waals surface area contributed by atoms with Crippen molar-refractivity contribution in [3.8, 4) is 5.82 Å². The van der Waals surface area contributed by atoms with E-state index in [9.17, 15) is 0 Å². The van der Waals surface area contributed by atoms with Gasteiger partial charge in [0.2, 0.25) is 0 Å². The van der Waals surface area contributed by atoms with Gasteiger partial charge in [0.25, 0.3) is 0 Å². The summed E-state index contributed by atoms with van der Waals surface area (Å²) >= 11 is 0. The molecule has 2 fully saturated rings. The largest absolute Gasteiger partial charge is 0.366 e. The molecular weight excluding hydrogens is 300 g/mol. The van der Waals surface area contributed by atoms with Crippen LogP contribution in [-0.4, -0.2) is 37.9 Å². The molecule has 0 unspecified atom stereocenters. The fourth-order valence-electron chi connectivity index (χ4n) is 4.21. The molecule has 128 valence electrons. The van der Waals surface area contributed by atoms with E-state index < -0.39 is 0 Å². The lowest BCUT2D eigenvalue weighted by Gasteiger charge is -2.37. The van der Waals surface area contributed by atoms with Gasteiger partial charge < -0.3 is 10.6 Å². The second-order valence-electron chi connectivity index (χ2n) is 7.33. The maximum atomic E-state index is 4.71. The van der Waals surface area contributed by atoms with Crippen molar-refractivity contribution in [2.75, 3.05) is 11.9 Å². The zero-order valence-electron chi connectivity index (χ0n) is 14.5. The molecule has 2 aromatic rings. The average molecular weight is 326 g/mol. The topological polar surface area (TPSA) is 67.7 Å². The Bertz CT molecular complexity index is 706. The van der Waals surface area contributed by atoms with Crippen LogP contribution in [0.25, 0.3) is 5.82 Å². The minimum atomic E-state index is 0.426. The molecule has 1 aliphatic heterocycles. The normalized spacial score (nSPS) is 26.8. The molecule has 6 nitrogen and oxygen atoms in total. The Morgan fingerprint density at radius 3 is 2.71 bits per heavy atom. The van der Waals surface area contributed by atoms with Gasteiger partial charge in [0.05, 0.1) is 18.1 Å². The van der Waals surface area contributed by atoms with Gasteiger partial charge in [0.1, 0.15) is 5.82 Å². The number of nitrogens with one attached hydrogen (secondary N) is 2. The van der Waals surface area contributed by atoms with Crippen LogP contribution in [0.3, 0.4) is 0 Å². The van der Waals surface area contributed by atoms with Crippen molar-refractivity contribution < 1.29 is 0 Å². The van der Waals surface area contributed by atoms with Crippen LogP contribution in [0.5, 0.6) is 0 Å². The van der Waals surface area contributed by atoms with Gasteiger partial charge in [-0.15, -0.1) is 0 Å². The third-order valence-electron chi connectivity index (χ3n) is 5.48. The smallest absolute Gasteiger partial charge is 0.174 e. The Hall–Kier alpha value is -1.95. The third kappa shape index (κ3) is 3.02. The van der Waals surface area contributed by atoms with Crippen LogP contribution in [0.2, 0.25) is 0 Å². The molecule has 2 aliphatic rings. The molecule has 0 bridgehead atoms. The van der Waals surface area contributed by atoms with Gasteiger partial charge in [-0.3, -0.25) is 4.98 Å². The summed E-state index contributed by atoms with van der Waals surface area (Å²) in [5.74, 6) is 1.62. The highest BCUT2D eigenvalue weighted by molar-refractivity contribution is 5.37. The van der Waals surface area contributed by atoms with Gasteiger partial charge in [0, 0.05) is 17.3 Å². The third-order valence-corrected chi connectivity index (χ3v) is 5.48. The van der Waals surface area contributed by atoms with Gasteiger partial charge in [0.15, 0.2) is 5.82 Å². The van der Waals surface area contributed by atoms with E-state index in [-0.39, 0.29) is 0 Å². The summed E-state index contributed by atoms with van der Waals surface area (Å²) in [7, 11) is 0. The molecule has 0 radical (unpaired) electrons. The van der Waals surface area contributed by atoms with Crippen LogP contribution in [-0.2, 0) is 0 Å². The highest BCUT2D eigenvalue weighted by Crippen LogP contribution is 2.35. The zero-order valence-corrected chi connectivity index (χ0v) is 14.5. The molecule has 2 aromatic heterocycles. The van der Waals surface area contributed by atoms with Crippen molar-refractivity contribution in [1.29, 1.82) is 0 Å². The molecular formula is C18H26N6. The Kier molecular flexibility index (Phi) is 4.00. The second-order valence-corrected chi connectivity index (χ2v) is 7.33. The number of hydrogen-bond donors (Lipinski definition) is 2. The van der Waals surface area contributed by atoms with Crippen LogP contribution >= 0.6 is 0 Å². The lowest BCUT2D eigenvalue weighted by atomic mass is 9.78. The SMILES string of the molecule is Cc1cc(C)n(-c2cncc(NC3CCC4(CCCN4)CC3)n2)n1. The molecule has 0 atom stereocenters. The van der Waals surface area contributed by atoms with E-state index in [0.717, 1.165) is 23.0 Å². The Morgan fingerprint density at radius 1 is 1.21 bits per heavy atom. The molecule has 24 heavy (non-hydrogen) atoms. The summed E-state index contributed by atoms with van der Waals surface area (Å²) < 4.78 is 1.85. The van der Waals surface area contributed by atoms with E-state index in [1.165, 1.54) is 45.1 Å². The van der Waals surface area contributed by atoms with Crippen LogP contribution in [0.4, 0.5) is 5.82 Å². The van der Waals surface area contributed by atoms with Crippen LogP contribution < -0.4 is 10.6 Å². The molecule has 3 heterocycles. The summed E-state index contributed by atoms with van der Waals surface area (Å²) in [5.41, 5.74) is 2.50. The van der Waals surface area contributed by atoms with Crippen molar-refractivity contribution in [2.45, 2.75) is 64.0 Å². The summed E-state index contributed by atoms with van der Waals surface area (Å²) in [5, 5.41) is 11.8. The monoisotopic (exact) mass is 326 g/mol. The Balaban J connectivity index is 1.44. The van der Waals surface area contributed by atoms with E-state index in [4.69, 9.17) is 4.98 Å². The van der Waals surface area contributed by atoms with Crippen molar-refractivity contribution in [2.24, 2.45) is 0 Å². The highest BCUT2D eigenvalue weighted by Gasteiger charge is 2.37. The number of anilines is 1. The standard InChI is InChI=1S/C18H26N6/c1-13-10-14(2)24(23-13)17-12-19-11-16(22-17)21-15-4-7-18(8-5-15)6-3-9-20-18/h10-12,15,20H,3-9H2,1-2H3,(H,21,22). The maximum Gasteiger partial charge on any atom is 0.174 e. The molecule has 0 aromatic carbocycles. The van der Waals surface area contributed by atoms with Crippen molar-refractivity contribution in [3.05, 3.63) is 29.8 Å². The fourth-order valence-corrected chi connectivity index (χ4v) is 4.21. The minimum absolute atomic E-state index is 0.426. The van der Waals surface area contributed by atoms with E-state index in [2.05, 4.69) is 26.8 Å². The van der Waals surface area contributed by atoms with Crippen molar-refractivity contribution >= 4 is 5.82 Å². The lowest BCUT2D eigenvalue weighted by molar-refractivity contribution is 0.251. The summed E-state index contributed by atoms with van der Waals surface area (Å²) in [6.07, 6.45) is 11.2. The molecule has 0 amide bonds. The summed E-state index contributed by atoms with van der Waals surface area (Å²) in [6, 6.07) is 2.54. The van der Waals surface area contributed by atoms with E-state index in [1.54, 1.807) is 6.20 Å². The number of aryl methyl sites for hydroxylation is 2. The predicted molar refractivity (Wildman–Crippen MR) is 94.5 cm³/mol. The number of aromatic nitrogens is 4. The number of rotatable bonds is 3. The van der Waals surface area contributed by atoms with Crippen LogP contribution in [0.15, 0.2) is 18.5 Å². The van der Waals surface area contributed by atoms with Gasteiger partial charge in [-0.1, -0.05) is 0 Å². The van der Waals surface area contributed by atoms with Crippen LogP contribution in [0.1, 0.15) is 49.9 Å².